The summed E-state index contributed by atoms with van der Waals surface area (Å²) in [4.78, 5) is 0. The zero-order chi connectivity index (χ0) is 13.0. The summed E-state index contributed by atoms with van der Waals surface area (Å²) in [7, 11) is 0. The summed E-state index contributed by atoms with van der Waals surface area (Å²) in [6.45, 7) is 8.07. The topological polar surface area (TPSA) is 37.8 Å². The Morgan fingerprint density at radius 3 is 2.83 bits per heavy atom. The molecule has 1 aliphatic rings. The van der Waals surface area contributed by atoms with Crippen LogP contribution < -0.4 is 5.32 Å². The van der Waals surface area contributed by atoms with Crippen LogP contribution in [0.4, 0.5) is 0 Å². The third-order valence-electron chi connectivity index (χ3n) is 4.42. The van der Waals surface area contributed by atoms with Gasteiger partial charge in [0.15, 0.2) is 0 Å². The number of nitrogens with zero attached hydrogens (tertiary/aromatic N) is 2. The van der Waals surface area contributed by atoms with Gasteiger partial charge in [-0.2, -0.15) is 0 Å². The quantitative estimate of drug-likeness (QED) is 0.885. The predicted molar refractivity (Wildman–Crippen MR) is 76.6 cm³/mol. The van der Waals surface area contributed by atoms with Crippen molar-refractivity contribution in [2.75, 3.05) is 6.54 Å². The Bertz CT molecular complexity index is 339. The van der Waals surface area contributed by atoms with Crippen molar-refractivity contribution in [3.05, 3.63) is 11.1 Å². The Kier molecular flexibility index (Phi) is 5.13. The number of aromatic nitrogens is 2. The highest BCUT2D eigenvalue weighted by Crippen LogP contribution is 2.39. The summed E-state index contributed by atoms with van der Waals surface area (Å²) in [5.74, 6) is 2.44. The minimum absolute atomic E-state index is 0.415. The summed E-state index contributed by atoms with van der Waals surface area (Å²) in [6, 6.07) is 0.415. The molecule has 0 aromatic carbocycles. The highest BCUT2D eigenvalue weighted by molar-refractivity contribution is 7.03. The fraction of sp³-hybridized carbons (Fsp3) is 0.857. The van der Waals surface area contributed by atoms with Gasteiger partial charge in [0.1, 0.15) is 0 Å². The van der Waals surface area contributed by atoms with Gasteiger partial charge in [0.05, 0.1) is 11.7 Å². The van der Waals surface area contributed by atoms with Gasteiger partial charge < -0.3 is 5.32 Å². The van der Waals surface area contributed by atoms with Gasteiger partial charge in [0.25, 0.3) is 0 Å². The van der Waals surface area contributed by atoms with Crippen LogP contribution in [-0.4, -0.2) is 16.1 Å². The van der Waals surface area contributed by atoms with E-state index in [4.69, 9.17) is 0 Å². The standard InChI is InChI=1S/C14H25N3S/c1-4-7-15-14(13-9-18-17-16-13)12-6-5-10(2)11(3)8-12/h9-12,14-15H,4-8H2,1-3H3. The lowest BCUT2D eigenvalue weighted by atomic mass is 9.73. The molecule has 0 aliphatic heterocycles. The van der Waals surface area contributed by atoms with Crippen molar-refractivity contribution in [1.82, 2.24) is 14.9 Å². The predicted octanol–water partition coefficient (Wildman–Crippen LogP) is 3.65. The molecule has 1 aromatic rings. The third-order valence-corrected chi connectivity index (χ3v) is 4.94. The van der Waals surface area contributed by atoms with Crippen molar-refractivity contribution in [2.45, 2.75) is 52.5 Å². The Balaban J connectivity index is 2.04. The van der Waals surface area contributed by atoms with E-state index in [-0.39, 0.29) is 0 Å². The lowest BCUT2D eigenvalue weighted by Gasteiger charge is -2.36. The average molecular weight is 267 g/mol. The molecule has 0 saturated heterocycles. The molecule has 102 valence electrons. The molecule has 1 saturated carbocycles. The Morgan fingerprint density at radius 2 is 2.22 bits per heavy atom. The third kappa shape index (κ3) is 3.29. The lowest BCUT2D eigenvalue weighted by Crippen LogP contribution is -2.34. The highest BCUT2D eigenvalue weighted by Gasteiger charge is 2.31. The van der Waals surface area contributed by atoms with E-state index < -0.39 is 0 Å². The van der Waals surface area contributed by atoms with Gasteiger partial charge in [-0.15, -0.1) is 5.10 Å². The van der Waals surface area contributed by atoms with Crippen LogP contribution in [0.15, 0.2) is 5.38 Å². The van der Waals surface area contributed by atoms with E-state index >= 15 is 0 Å². The Morgan fingerprint density at radius 1 is 1.39 bits per heavy atom. The zero-order valence-corrected chi connectivity index (χ0v) is 12.5. The summed E-state index contributed by atoms with van der Waals surface area (Å²) in [5, 5.41) is 10.1. The average Bonchev–Trinajstić information content (AvgIpc) is 2.88. The molecule has 0 radical (unpaired) electrons. The van der Waals surface area contributed by atoms with Crippen molar-refractivity contribution in [1.29, 1.82) is 0 Å². The molecule has 1 N–H and O–H groups in total. The van der Waals surface area contributed by atoms with Crippen LogP contribution in [0.1, 0.15) is 58.2 Å². The summed E-state index contributed by atoms with van der Waals surface area (Å²) in [5.41, 5.74) is 1.15. The molecule has 18 heavy (non-hydrogen) atoms. The van der Waals surface area contributed by atoms with Gasteiger partial charge in [-0.25, -0.2) is 0 Å². The largest absolute Gasteiger partial charge is 0.308 e. The molecular formula is C14H25N3S. The summed E-state index contributed by atoms with van der Waals surface area (Å²) < 4.78 is 4.03. The second kappa shape index (κ2) is 6.62. The molecule has 4 atom stereocenters. The van der Waals surface area contributed by atoms with E-state index in [0.717, 1.165) is 30.0 Å². The van der Waals surface area contributed by atoms with Gasteiger partial charge >= 0.3 is 0 Å². The first-order valence-electron chi connectivity index (χ1n) is 7.22. The molecule has 1 heterocycles. The first kappa shape index (κ1) is 13.9. The second-order valence-corrected chi connectivity index (χ2v) is 6.40. The van der Waals surface area contributed by atoms with Gasteiger partial charge in [0.2, 0.25) is 0 Å². The number of rotatable bonds is 5. The van der Waals surface area contributed by atoms with E-state index in [9.17, 15) is 0 Å². The number of hydrogen-bond acceptors (Lipinski definition) is 4. The summed E-state index contributed by atoms with van der Waals surface area (Å²) in [6.07, 6.45) is 5.17. The van der Waals surface area contributed by atoms with Crippen molar-refractivity contribution in [3.63, 3.8) is 0 Å². The summed E-state index contributed by atoms with van der Waals surface area (Å²) >= 11 is 1.47. The van der Waals surface area contributed by atoms with Gasteiger partial charge in [-0.3, -0.25) is 0 Å². The molecule has 4 unspecified atom stereocenters. The van der Waals surface area contributed by atoms with Gasteiger partial charge in [-0.1, -0.05) is 31.7 Å². The van der Waals surface area contributed by atoms with Crippen LogP contribution in [0, 0.1) is 17.8 Å². The molecular weight excluding hydrogens is 242 g/mol. The van der Waals surface area contributed by atoms with Crippen molar-refractivity contribution >= 4 is 11.5 Å². The molecule has 1 fully saturated rings. The number of hydrogen-bond donors (Lipinski definition) is 1. The SMILES string of the molecule is CCCNC(c1csnn1)C1CCC(C)C(C)C1. The van der Waals surface area contributed by atoms with Crippen LogP contribution >= 0.6 is 11.5 Å². The van der Waals surface area contributed by atoms with Gasteiger partial charge in [0, 0.05) is 5.38 Å². The first-order chi connectivity index (χ1) is 8.72. The molecule has 2 rings (SSSR count). The molecule has 1 aromatic heterocycles. The van der Waals surface area contributed by atoms with Crippen molar-refractivity contribution < 1.29 is 0 Å². The first-order valence-corrected chi connectivity index (χ1v) is 8.06. The van der Waals surface area contributed by atoms with Crippen molar-refractivity contribution in [2.24, 2.45) is 17.8 Å². The van der Waals surface area contributed by atoms with Crippen LogP contribution in [-0.2, 0) is 0 Å². The van der Waals surface area contributed by atoms with E-state index in [2.05, 4.69) is 41.1 Å². The van der Waals surface area contributed by atoms with Crippen LogP contribution in [0.25, 0.3) is 0 Å². The van der Waals surface area contributed by atoms with E-state index in [1.54, 1.807) is 0 Å². The number of nitrogens with one attached hydrogen (secondary N) is 1. The smallest absolute Gasteiger partial charge is 0.0927 e. The van der Waals surface area contributed by atoms with E-state index in [1.807, 2.05) is 0 Å². The Labute approximate surface area is 115 Å². The lowest BCUT2D eigenvalue weighted by molar-refractivity contribution is 0.169. The van der Waals surface area contributed by atoms with Crippen molar-refractivity contribution in [3.8, 4) is 0 Å². The fourth-order valence-corrected chi connectivity index (χ4v) is 3.50. The fourth-order valence-electron chi connectivity index (χ4n) is 3.01. The Hall–Kier alpha value is -0.480. The molecule has 1 aliphatic carbocycles. The van der Waals surface area contributed by atoms with Crippen LogP contribution in [0.5, 0.6) is 0 Å². The maximum atomic E-state index is 4.29. The van der Waals surface area contributed by atoms with E-state index in [0.29, 0.717) is 6.04 Å². The van der Waals surface area contributed by atoms with Crippen LogP contribution in [0.3, 0.4) is 0 Å². The molecule has 3 nitrogen and oxygen atoms in total. The minimum atomic E-state index is 0.415. The normalized spacial score (nSPS) is 30.3. The second-order valence-electron chi connectivity index (χ2n) is 5.79. The molecule has 4 heteroatoms. The maximum absolute atomic E-state index is 4.29. The van der Waals surface area contributed by atoms with E-state index in [1.165, 1.54) is 37.2 Å². The molecule has 0 amide bonds. The van der Waals surface area contributed by atoms with Crippen LogP contribution in [0.2, 0.25) is 0 Å². The maximum Gasteiger partial charge on any atom is 0.0927 e. The molecule has 0 bridgehead atoms. The zero-order valence-electron chi connectivity index (χ0n) is 11.7. The molecule has 0 spiro atoms. The monoisotopic (exact) mass is 267 g/mol. The van der Waals surface area contributed by atoms with Gasteiger partial charge in [-0.05, 0) is 55.1 Å². The minimum Gasteiger partial charge on any atom is -0.308 e. The highest BCUT2D eigenvalue weighted by atomic mass is 32.1.